The van der Waals surface area contributed by atoms with Gasteiger partial charge in [-0.3, -0.25) is 19.2 Å². The normalized spacial score (nSPS) is 11.5. The summed E-state index contributed by atoms with van der Waals surface area (Å²) in [6, 6.07) is -1.14. The molecule has 0 aliphatic carbocycles. The lowest BCUT2D eigenvalue weighted by Gasteiger charge is -2.14. The smallest absolute Gasteiger partial charge is 0.329 e. The molecule has 0 aromatic heterocycles. The number of unbranched alkanes of at least 4 members (excludes halogenated alkanes) is 13. The van der Waals surface area contributed by atoms with Crippen molar-refractivity contribution in [3.05, 3.63) is 0 Å². The van der Waals surface area contributed by atoms with Crippen LogP contribution in [-0.2, 0) is 47.7 Å². The van der Waals surface area contributed by atoms with Crippen LogP contribution >= 0.6 is 0 Å². The molecule has 0 fully saturated rings. The molecule has 0 bridgehead atoms. The highest BCUT2D eigenvalue weighted by atomic mass is 16.5. The Labute approximate surface area is 302 Å². The maximum atomic E-state index is 12.3. The predicted octanol–water partition coefficient (Wildman–Crippen LogP) is 3.05. The van der Waals surface area contributed by atoms with Crippen LogP contribution in [0.1, 0.15) is 116 Å². The summed E-state index contributed by atoms with van der Waals surface area (Å²) in [6.45, 7) is 1.11. The zero-order valence-corrected chi connectivity index (χ0v) is 30.3. The van der Waals surface area contributed by atoms with Crippen molar-refractivity contribution < 1.29 is 63.0 Å². The molecule has 0 aliphatic heterocycles. The van der Waals surface area contributed by atoms with Gasteiger partial charge in [0.25, 0.3) is 0 Å². The topological polar surface area (TPSA) is 236 Å². The summed E-state index contributed by atoms with van der Waals surface area (Å²) in [5.41, 5.74) is 0. The van der Waals surface area contributed by atoms with Crippen molar-refractivity contribution in [2.24, 2.45) is 0 Å². The molecule has 3 amide bonds. The Hall–Kier alpha value is -3.34. The molecular weight excluding hydrogens is 670 g/mol. The largest absolute Gasteiger partial charge is 0.481 e. The van der Waals surface area contributed by atoms with Gasteiger partial charge in [-0.05, 0) is 19.3 Å². The molecule has 0 heterocycles. The third kappa shape index (κ3) is 36.3. The van der Waals surface area contributed by atoms with Crippen LogP contribution in [0.3, 0.4) is 0 Å². The van der Waals surface area contributed by atoms with Gasteiger partial charge in [0.1, 0.15) is 19.3 Å². The zero-order chi connectivity index (χ0) is 37.8. The monoisotopic (exact) mass is 733 g/mol. The maximum absolute atomic E-state index is 12.3. The van der Waals surface area contributed by atoms with Crippen molar-refractivity contribution >= 4 is 35.6 Å². The Morgan fingerprint density at radius 2 is 0.863 bits per heavy atom. The summed E-state index contributed by atoms with van der Waals surface area (Å²) < 4.78 is 20.6. The number of rotatable bonds is 38. The van der Waals surface area contributed by atoms with Gasteiger partial charge in [0.05, 0.1) is 39.6 Å². The summed E-state index contributed by atoms with van der Waals surface area (Å²) in [5.74, 6) is -3.96. The van der Waals surface area contributed by atoms with E-state index in [-0.39, 0.29) is 109 Å². The van der Waals surface area contributed by atoms with Gasteiger partial charge in [-0.1, -0.05) is 77.0 Å². The molecule has 0 aromatic carbocycles. The number of ether oxygens (including phenoxy) is 4. The summed E-state index contributed by atoms with van der Waals surface area (Å²) in [4.78, 5) is 68.5. The van der Waals surface area contributed by atoms with Crippen molar-refractivity contribution in [2.45, 2.75) is 122 Å². The second-order valence-electron chi connectivity index (χ2n) is 12.3. The van der Waals surface area contributed by atoms with Gasteiger partial charge in [-0.2, -0.15) is 0 Å². The molecule has 0 aromatic rings. The van der Waals surface area contributed by atoms with E-state index in [1.165, 1.54) is 44.9 Å². The number of carboxylic acid groups (broad SMARTS) is 3. The Morgan fingerprint density at radius 1 is 0.431 bits per heavy atom. The van der Waals surface area contributed by atoms with Gasteiger partial charge in [0.15, 0.2) is 0 Å². The van der Waals surface area contributed by atoms with E-state index >= 15 is 0 Å². The van der Waals surface area contributed by atoms with Crippen LogP contribution in [-0.4, -0.2) is 123 Å². The van der Waals surface area contributed by atoms with E-state index in [4.69, 9.17) is 29.2 Å². The van der Waals surface area contributed by atoms with Gasteiger partial charge < -0.3 is 50.2 Å². The van der Waals surface area contributed by atoms with E-state index < -0.39 is 23.9 Å². The second kappa shape index (κ2) is 35.1. The molecule has 0 radical (unpaired) electrons. The first-order valence-electron chi connectivity index (χ1n) is 18.4. The van der Waals surface area contributed by atoms with E-state index in [0.29, 0.717) is 6.42 Å². The molecule has 6 N–H and O–H groups in total. The predicted molar refractivity (Wildman–Crippen MR) is 187 cm³/mol. The van der Waals surface area contributed by atoms with Crippen molar-refractivity contribution in [3.63, 3.8) is 0 Å². The van der Waals surface area contributed by atoms with E-state index in [0.717, 1.165) is 38.5 Å². The van der Waals surface area contributed by atoms with Gasteiger partial charge >= 0.3 is 17.9 Å². The number of amides is 3. The molecule has 0 rings (SSSR count). The van der Waals surface area contributed by atoms with Crippen LogP contribution in [0.2, 0.25) is 0 Å². The first-order chi connectivity index (χ1) is 24.6. The molecule has 0 saturated heterocycles. The first kappa shape index (κ1) is 47.7. The molecule has 0 saturated carbocycles. The number of nitrogens with one attached hydrogen (secondary N) is 3. The molecule has 16 heteroatoms. The maximum Gasteiger partial charge on any atom is 0.329 e. The standard InChI is InChI=1S/C35H63N3O13/c39-30(36-19-21-48-23-25-50-27-32(41)37-20-22-49-24-26-51-28-34(44)45)18-17-29(35(46)47)38-31(40)15-13-11-9-7-5-3-1-2-4-6-8-10-12-14-16-33(42)43/h29H,1-28H2,(H,36,39)(H,37,41)(H,38,40)(H,42,43)(H,44,45)(H,46,47)/t29-/m0/s1. The van der Waals surface area contributed by atoms with Crippen molar-refractivity contribution in [2.75, 3.05) is 65.9 Å². The fourth-order valence-electron chi connectivity index (χ4n) is 4.91. The average molecular weight is 734 g/mol. The van der Waals surface area contributed by atoms with Crippen LogP contribution < -0.4 is 16.0 Å². The summed E-state index contributed by atoms with van der Waals surface area (Å²) in [6.07, 6.45) is 15.5. The fraction of sp³-hybridized carbons (Fsp3) is 0.829. The number of aliphatic carboxylic acids is 3. The lowest BCUT2D eigenvalue weighted by molar-refractivity contribution is -0.143. The van der Waals surface area contributed by atoms with E-state index in [9.17, 15) is 33.9 Å². The fourth-order valence-corrected chi connectivity index (χ4v) is 4.91. The van der Waals surface area contributed by atoms with Crippen LogP contribution in [0.25, 0.3) is 0 Å². The third-order valence-electron chi connectivity index (χ3n) is 7.68. The SMILES string of the molecule is O=C(O)CCCCCCCCCCCCCCCCC(=O)N[C@@H](CCC(=O)NCCOCCOCC(=O)NCCOCCOCC(=O)O)C(=O)O. The van der Waals surface area contributed by atoms with Crippen molar-refractivity contribution in [1.82, 2.24) is 16.0 Å². The Kier molecular flexibility index (Phi) is 32.8. The van der Waals surface area contributed by atoms with Gasteiger partial charge in [-0.15, -0.1) is 0 Å². The Morgan fingerprint density at radius 3 is 1.33 bits per heavy atom. The lowest BCUT2D eigenvalue weighted by atomic mass is 10.0. The molecule has 0 unspecified atom stereocenters. The van der Waals surface area contributed by atoms with E-state index in [2.05, 4.69) is 16.0 Å². The molecule has 1 atom stereocenters. The van der Waals surface area contributed by atoms with E-state index in [1.54, 1.807) is 0 Å². The minimum atomic E-state index is -1.18. The number of carboxylic acids is 3. The Bertz CT molecular complexity index is 952. The minimum absolute atomic E-state index is 0.0240. The molecule has 296 valence electrons. The average Bonchev–Trinajstić information content (AvgIpc) is 3.08. The third-order valence-corrected chi connectivity index (χ3v) is 7.68. The lowest BCUT2D eigenvalue weighted by Crippen LogP contribution is -2.41. The van der Waals surface area contributed by atoms with Gasteiger partial charge in [0.2, 0.25) is 17.7 Å². The van der Waals surface area contributed by atoms with Crippen LogP contribution in [0, 0.1) is 0 Å². The molecule has 0 aliphatic rings. The molecular formula is C35H63N3O13. The van der Waals surface area contributed by atoms with Gasteiger partial charge in [0, 0.05) is 32.4 Å². The highest BCUT2D eigenvalue weighted by molar-refractivity contribution is 5.84. The summed E-state index contributed by atoms with van der Waals surface area (Å²) in [5, 5.41) is 34.3. The van der Waals surface area contributed by atoms with Crippen LogP contribution in [0.5, 0.6) is 0 Å². The molecule has 16 nitrogen and oxygen atoms in total. The number of hydrogen-bond acceptors (Lipinski definition) is 10. The Balaban J connectivity index is 3.66. The zero-order valence-electron chi connectivity index (χ0n) is 30.3. The number of carbonyl (C=O) groups excluding carboxylic acids is 3. The van der Waals surface area contributed by atoms with Crippen LogP contribution in [0.4, 0.5) is 0 Å². The summed E-state index contributed by atoms with van der Waals surface area (Å²) >= 11 is 0. The first-order valence-corrected chi connectivity index (χ1v) is 18.4. The summed E-state index contributed by atoms with van der Waals surface area (Å²) in [7, 11) is 0. The van der Waals surface area contributed by atoms with Crippen LogP contribution in [0.15, 0.2) is 0 Å². The van der Waals surface area contributed by atoms with Crippen molar-refractivity contribution in [1.29, 1.82) is 0 Å². The van der Waals surface area contributed by atoms with Gasteiger partial charge in [-0.25, -0.2) is 9.59 Å². The number of hydrogen-bond donors (Lipinski definition) is 6. The van der Waals surface area contributed by atoms with E-state index in [1.807, 2.05) is 0 Å². The molecule has 51 heavy (non-hydrogen) atoms. The van der Waals surface area contributed by atoms with Crippen molar-refractivity contribution in [3.8, 4) is 0 Å². The highest BCUT2D eigenvalue weighted by Crippen LogP contribution is 2.14. The number of carbonyl (C=O) groups is 6. The molecule has 0 spiro atoms. The highest BCUT2D eigenvalue weighted by Gasteiger charge is 2.20. The minimum Gasteiger partial charge on any atom is -0.481 e. The second-order valence-corrected chi connectivity index (χ2v) is 12.3. The quantitative estimate of drug-likeness (QED) is 0.0501.